The van der Waals surface area contributed by atoms with Crippen LogP contribution in [0.25, 0.3) is 0 Å². The Bertz CT molecular complexity index is 1340. The van der Waals surface area contributed by atoms with E-state index in [0.29, 0.717) is 27.2 Å². The normalized spacial score (nSPS) is 18.1. The first-order chi connectivity index (χ1) is 19.2. The maximum atomic E-state index is 12.7. The van der Waals surface area contributed by atoms with Gasteiger partial charge in [-0.2, -0.15) is 0 Å². The standard InChI is InChI=1S/C30H33Cl4N5O.H2/c1-30(8-10-37(11-9-30)20-21-2-5-24(31)6-3-21)39-14-12-38(13-15-39)28-27(34)17-23(19-35-28)29(40)36-18-22-4-7-25(32)26(33)16-22;/h2-7,16-17,19H,8-15,18,20H2,1H3,(H,36,40);1H. The molecule has 0 atom stereocenters. The highest BCUT2D eigenvalue weighted by Crippen LogP contribution is 2.32. The number of anilines is 1. The van der Waals surface area contributed by atoms with Crippen LogP contribution in [0.3, 0.4) is 0 Å². The average molecular weight is 623 g/mol. The molecule has 0 aliphatic carbocycles. The van der Waals surface area contributed by atoms with Crippen LogP contribution in [0.1, 0.15) is 42.7 Å². The topological polar surface area (TPSA) is 51.7 Å². The molecule has 10 heteroatoms. The van der Waals surface area contributed by atoms with Crippen molar-refractivity contribution in [1.82, 2.24) is 20.1 Å². The Morgan fingerprint density at radius 1 is 0.875 bits per heavy atom. The summed E-state index contributed by atoms with van der Waals surface area (Å²) in [4.78, 5) is 24.7. The van der Waals surface area contributed by atoms with Gasteiger partial charge in [-0.1, -0.05) is 64.6 Å². The third-order valence-corrected chi connectivity index (χ3v) is 9.39. The van der Waals surface area contributed by atoms with Crippen LogP contribution in [-0.4, -0.2) is 65.5 Å². The quantitative estimate of drug-likeness (QED) is 0.306. The Morgan fingerprint density at radius 3 is 2.20 bits per heavy atom. The molecule has 0 saturated carbocycles. The number of carbonyl (C=O) groups is 1. The molecule has 6 nitrogen and oxygen atoms in total. The zero-order chi connectivity index (χ0) is 28.3. The average Bonchev–Trinajstić information content (AvgIpc) is 2.96. The van der Waals surface area contributed by atoms with Gasteiger partial charge in [-0.25, -0.2) is 4.98 Å². The lowest BCUT2D eigenvalue weighted by atomic mass is 9.87. The second-order valence-corrected chi connectivity index (χ2v) is 12.5. The number of halogens is 4. The SMILES string of the molecule is CC1(N2CCN(c3ncc(C(=O)NCc4ccc(Cl)c(Cl)c4)cc3Cl)CC2)CCN(Cc2ccc(Cl)cc2)CC1.[HH]. The lowest BCUT2D eigenvalue weighted by molar-refractivity contribution is 0.0278. The molecule has 0 spiro atoms. The summed E-state index contributed by atoms with van der Waals surface area (Å²) >= 11 is 24.7. The molecular weight excluding hydrogens is 588 g/mol. The maximum Gasteiger partial charge on any atom is 0.253 e. The number of aromatic nitrogens is 1. The van der Waals surface area contributed by atoms with Gasteiger partial charge in [0.2, 0.25) is 0 Å². The molecule has 2 aromatic carbocycles. The molecule has 5 rings (SSSR count). The molecule has 2 aliphatic rings. The molecular formula is C30H35Cl4N5O. The lowest BCUT2D eigenvalue weighted by Crippen LogP contribution is -2.59. The number of likely N-dealkylation sites (tertiary alicyclic amines) is 1. The zero-order valence-electron chi connectivity index (χ0n) is 22.5. The monoisotopic (exact) mass is 621 g/mol. The Hall–Kier alpha value is -2.06. The Labute approximate surface area is 257 Å². The Balaban J connectivity index is 0.00000387. The van der Waals surface area contributed by atoms with Crippen LogP contribution >= 0.6 is 46.4 Å². The number of amides is 1. The number of rotatable bonds is 7. The van der Waals surface area contributed by atoms with Crippen LogP contribution in [0.15, 0.2) is 54.7 Å². The molecule has 1 N–H and O–H groups in total. The maximum absolute atomic E-state index is 12.7. The molecule has 1 aromatic heterocycles. The van der Waals surface area contributed by atoms with Crippen LogP contribution in [0.4, 0.5) is 5.82 Å². The van der Waals surface area contributed by atoms with E-state index in [9.17, 15) is 4.79 Å². The third kappa shape index (κ3) is 7.04. The molecule has 0 radical (unpaired) electrons. The van der Waals surface area contributed by atoms with E-state index < -0.39 is 0 Å². The summed E-state index contributed by atoms with van der Waals surface area (Å²) in [6.07, 6.45) is 3.88. The van der Waals surface area contributed by atoms with Crippen molar-refractivity contribution < 1.29 is 6.22 Å². The summed E-state index contributed by atoms with van der Waals surface area (Å²) in [6.45, 7) is 9.47. The molecule has 3 aromatic rings. The first kappa shape index (κ1) is 29.4. The highest BCUT2D eigenvalue weighted by atomic mass is 35.5. The Morgan fingerprint density at radius 2 is 1.55 bits per heavy atom. The fourth-order valence-corrected chi connectivity index (χ4v) is 6.27. The van der Waals surface area contributed by atoms with Crippen LogP contribution in [-0.2, 0) is 13.1 Å². The number of carbonyl (C=O) groups excluding carboxylic acids is 1. The van der Waals surface area contributed by atoms with Crippen molar-refractivity contribution in [1.29, 1.82) is 0 Å². The van der Waals surface area contributed by atoms with Gasteiger partial charge in [-0.3, -0.25) is 14.6 Å². The number of piperazine rings is 1. The van der Waals surface area contributed by atoms with E-state index in [2.05, 4.69) is 44.1 Å². The summed E-state index contributed by atoms with van der Waals surface area (Å²) in [5, 5.41) is 5.08. The van der Waals surface area contributed by atoms with Crippen molar-refractivity contribution in [3.05, 3.63) is 91.5 Å². The third-order valence-electron chi connectivity index (χ3n) is 8.12. The van der Waals surface area contributed by atoms with Crippen molar-refractivity contribution in [3.63, 3.8) is 0 Å². The van der Waals surface area contributed by atoms with Crippen LogP contribution in [0.5, 0.6) is 0 Å². The van der Waals surface area contributed by atoms with Gasteiger partial charge >= 0.3 is 0 Å². The number of hydrogen-bond acceptors (Lipinski definition) is 5. The predicted molar refractivity (Wildman–Crippen MR) is 167 cm³/mol. The van der Waals surface area contributed by atoms with E-state index in [4.69, 9.17) is 46.4 Å². The summed E-state index contributed by atoms with van der Waals surface area (Å²) < 4.78 is 0. The minimum atomic E-state index is -0.243. The number of piperidine rings is 1. The van der Waals surface area contributed by atoms with E-state index in [1.807, 2.05) is 18.2 Å². The summed E-state index contributed by atoms with van der Waals surface area (Å²) in [6, 6.07) is 15.1. The van der Waals surface area contributed by atoms with Gasteiger partial charge in [-0.15, -0.1) is 0 Å². The molecule has 0 unspecified atom stereocenters. The molecule has 40 heavy (non-hydrogen) atoms. The highest BCUT2D eigenvalue weighted by Gasteiger charge is 2.37. The van der Waals surface area contributed by atoms with Gasteiger partial charge in [0.15, 0.2) is 0 Å². The fourth-order valence-electron chi connectivity index (χ4n) is 5.54. The van der Waals surface area contributed by atoms with E-state index >= 15 is 0 Å². The van der Waals surface area contributed by atoms with E-state index in [1.54, 1.807) is 24.4 Å². The number of pyridine rings is 1. The minimum Gasteiger partial charge on any atom is -0.353 e. The molecule has 214 valence electrons. The van der Waals surface area contributed by atoms with Crippen molar-refractivity contribution in [2.45, 2.75) is 38.4 Å². The van der Waals surface area contributed by atoms with Gasteiger partial charge in [-0.05, 0) is 61.2 Å². The van der Waals surface area contributed by atoms with Crippen molar-refractivity contribution >= 4 is 58.1 Å². The number of nitrogens with one attached hydrogen (secondary N) is 1. The fraction of sp³-hybridized carbons (Fsp3) is 0.400. The largest absolute Gasteiger partial charge is 0.353 e. The summed E-state index contributed by atoms with van der Waals surface area (Å²) in [5.74, 6) is 0.484. The first-order valence-corrected chi connectivity index (χ1v) is 15.1. The second kappa shape index (κ2) is 12.8. The van der Waals surface area contributed by atoms with Gasteiger partial charge in [0, 0.05) is 70.5 Å². The highest BCUT2D eigenvalue weighted by molar-refractivity contribution is 6.42. The van der Waals surface area contributed by atoms with E-state index in [1.165, 1.54) is 5.56 Å². The van der Waals surface area contributed by atoms with Crippen molar-refractivity contribution in [2.24, 2.45) is 0 Å². The van der Waals surface area contributed by atoms with Crippen molar-refractivity contribution in [2.75, 3.05) is 44.2 Å². The number of benzene rings is 2. The van der Waals surface area contributed by atoms with Gasteiger partial charge in [0.25, 0.3) is 5.91 Å². The Kier molecular flexibility index (Phi) is 9.45. The summed E-state index contributed by atoms with van der Waals surface area (Å²) in [7, 11) is 0. The predicted octanol–water partition coefficient (Wildman–Crippen LogP) is 7.05. The zero-order valence-corrected chi connectivity index (χ0v) is 25.5. The minimum absolute atomic E-state index is 0. The van der Waals surface area contributed by atoms with Gasteiger partial charge < -0.3 is 10.2 Å². The van der Waals surface area contributed by atoms with E-state index in [-0.39, 0.29) is 12.9 Å². The molecule has 0 bridgehead atoms. The van der Waals surface area contributed by atoms with E-state index in [0.717, 1.165) is 75.1 Å². The second-order valence-electron chi connectivity index (χ2n) is 10.8. The van der Waals surface area contributed by atoms with Crippen LogP contribution in [0.2, 0.25) is 20.1 Å². The van der Waals surface area contributed by atoms with Crippen LogP contribution < -0.4 is 10.2 Å². The lowest BCUT2D eigenvalue weighted by Gasteiger charge is -2.50. The molecule has 2 saturated heterocycles. The summed E-state index contributed by atoms with van der Waals surface area (Å²) in [5.41, 5.74) is 2.78. The molecule has 2 aliphatic heterocycles. The van der Waals surface area contributed by atoms with Gasteiger partial charge in [0.05, 0.1) is 20.6 Å². The first-order valence-electron chi connectivity index (χ1n) is 13.5. The molecule has 3 heterocycles. The smallest absolute Gasteiger partial charge is 0.253 e. The van der Waals surface area contributed by atoms with Crippen molar-refractivity contribution in [3.8, 4) is 0 Å². The molecule has 1 amide bonds. The number of hydrogen-bond donors (Lipinski definition) is 1. The number of nitrogens with zero attached hydrogens (tertiary/aromatic N) is 4. The van der Waals surface area contributed by atoms with Crippen LogP contribution in [0, 0.1) is 0 Å². The molecule has 2 fully saturated rings. The van der Waals surface area contributed by atoms with Gasteiger partial charge in [0.1, 0.15) is 5.82 Å².